The molecule has 0 aliphatic heterocycles. The summed E-state index contributed by atoms with van der Waals surface area (Å²) >= 11 is 0. The summed E-state index contributed by atoms with van der Waals surface area (Å²) in [5, 5.41) is 20.9. The van der Waals surface area contributed by atoms with Gasteiger partial charge in [-0.05, 0) is 84.9 Å². The lowest BCUT2D eigenvalue weighted by Gasteiger charge is -2.18. The van der Waals surface area contributed by atoms with Crippen LogP contribution in [-0.2, 0) is 0 Å². The summed E-state index contributed by atoms with van der Waals surface area (Å²) in [5.74, 6) is 1.59. The van der Waals surface area contributed by atoms with Gasteiger partial charge in [-0.15, -0.1) is 0 Å². The van der Waals surface area contributed by atoms with E-state index in [2.05, 4.69) is 218 Å². The van der Waals surface area contributed by atoms with E-state index in [0.29, 0.717) is 34.4 Å². The molecule has 0 aliphatic rings. The number of hydrogen-bond donors (Lipinski definition) is 0. The third kappa shape index (κ3) is 6.49. The highest BCUT2D eigenvalue weighted by atomic mass is 15.1. The number of aromatic nitrogens is 7. The van der Waals surface area contributed by atoms with E-state index < -0.39 is 0 Å². The van der Waals surface area contributed by atoms with Crippen LogP contribution in [0.4, 0.5) is 0 Å². The average Bonchev–Trinajstić information content (AvgIpc) is 4.41. The predicted octanol–water partition coefficient (Wildman–Crippen LogP) is 17.1. The standard InChI is InChI=1S/C70H42N8/c71-43-57-62(77-60-35-19-15-31-51(60)55-39-64-53(41-66(55)77)49-29-13-17-33-58(49)75(64)47-25-9-3-10-26-47)37-46(70-73-68(44-21-5-1-6-22-44)72-69(74-70)45-23-7-2-8-24-45)38-63(57)78-61-36-20-16-32-52(61)56-40-65-54(42-67(56)78)50-30-14-18-34-59(50)76(65)48-27-11-4-12-28-48/h1-42H. The van der Waals surface area contributed by atoms with Gasteiger partial charge in [-0.1, -0.05) is 170 Å². The van der Waals surface area contributed by atoms with E-state index in [4.69, 9.17) is 15.0 Å². The Morgan fingerprint density at radius 2 is 0.538 bits per heavy atom. The predicted molar refractivity (Wildman–Crippen MR) is 318 cm³/mol. The molecular weight excluding hydrogens is 953 g/mol. The molecule has 8 heteroatoms. The first-order chi connectivity index (χ1) is 38.7. The van der Waals surface area contributed by atoms with Crippen molar-refractivity contribution in [2.45, 2.75) is 0 Å². The lowest BCUT2D eigenvalue weighted by atomic mass is 10.0. The molecule has 0 fully saturated rings. The second-order valence-corrected chi connectivity index (χ2v) is 19.9. The zero-order chi connectivity index (χ0) is 51.4. The lowest BCUT2D eigenvalue weighted by molar-refractivity contribution is 1.06. The lowest BCUT2D eigenvalue weighted by Crippen LogP contribution is -2.07. The van der Waals surface area contributed by atoms with Gasteiger partial charge in [0.15, 0.2) is 17.5 Å². The Kier molecular flexibility index (Phi) is 9.53. The first-order valence-electron chi connectivity index (χ1n) is 26.2. The molecule has 0 aliphatic carbocycles. The largest absolute Gasteiger partial charge is 0.309 e. The van der Waals surface area contributed by atoms with Crippen LogP contribution < -0.4 is 0 Å². The summed E-state index contributed by atoms with van der Waals surface area (Å²) in [6, 6.07) is 92.0. The molecule has 0 radical (unpaired) electrons. The number of fused-ring (bicyclic) bond motifs is 12. The smallest absolute Gasteiger partial charge is 0.164 e. The third-order valence-corrected chi connectivity index (χ3v) is 15.6. The molecule has 0 unspecified atom stereocenters. The van der Waals surface area contributed by atoms with Crippen molar-refractivity contribution >= 4 is 87.2 Å². The molecule has 5 heterocycles. The van der Waals surface area contributed by atoms with Gasteiger partial charge in [0.1, 0.15) is 11.6 Å². The van der Waals surface area contributed by atoms with Crippen molar-refractivity contribution in [2.75, 3.05) is 0 Å². The number of rotatable bonds is 7. The molecule has 16 aromatic rings. The molecular formula is C70H42N8. The van der Waals surface area contributed by atoms with Crippen LogP contribution in [0.1, 0.15) is 5.56 Å². The highest BCUT2D eigenvalue weighted by molar-refractivity contribution is 6.21. The Labute approximate surface area is 446 Å². The fourth-order valence-electron chi connectivity index (χ4n) is 12.2. The topological polar surface area (TPSA) is 82.2 Å². The van der Waals surface area contributed by atoms with Crippen LogP contribution in [0.5, 0.6) is 0 Å². The van der Waals surface area contributed by atoms with Crippen LogP contribution >= 0.6 is 0 Å². The van der Waals surface area contributed by atoms with Crippen LogP contribution in [0.25, 0.3) is 144 Å². The zero-order valence-electron chi connectivity index (χ0n) is 41.8. The summed E-state index contributed by atoms with van der Waals surface area (Å²) in [4.78, 5) is 15.8. The molecule has 0 amide bonds. The van der Waals surface area contributed by atoms with Gasteiger partial charge in [0.2, 0.25) is 0 Å². The van der Waals surface area contributed by atoms with E-state index >= 15 is 0 Å². The van der Waals surface area contributed by atoms with Crippen molar-refractivity contribution in [1.29, 1.82) is 5.26 Å². The zero-order valence-corrected chi connectivity index (χ0v) is 41.8. The van der Waals surface area contributed by atoms with E-state index in [1.807, 2.05) is 60.7 Å². The SMILES string of the molecule is N#Cc1c(-n2c3ccccc3c3cc4c(cc32)c2ccccc2n4-c2ccccc2)cc(-c2nc(-c3ccccc3)nc(-c3ccccc3)n2)cc1-n1c2ccccc2c2cc3c(cc21)c1ccccc1n3-c1ccccc1. The first kappa shape index (κ1) is 43.5. The Hall–Kier alpha value is -10.9. The van der Waals surface area contributed by atoms with Gasteiger partial charge in [0.05, 0.1) is 55.5 Å². The van der Waals surface area contributed by atoms with Crippen LogP contribution in [0.2, 0.25) is 0 Å². The van der Waals surface area contributed by atoms with E-state index in [1.165, 1.54) is 0 Å². The van der Waals surface area contributed by atoms with Gasteiger partial charge in [0, 0.05) is 71.2 Å². The summed E-state index contributed by atoms with van der Waals surface area (Å²) in [6.45, 7) is 0. The van der Waals surface area contributed by atoms with Gasteiger partial charge in [-0.3, -0.25) is 0 Å². The summed E-state index contributed by atoms with van der Waals surface area (Å²) in [5.41, 5.74) is 14.9. The average molecular weight is 995 g/mol. The molecule has 0 bridgehead atoms. The number of hydrogen-bond acceptors (Lipinski definition) is 4. The molecule has 11 aromatic carbocycles. The van der Waals surface area contributed by atoms with Crippen molar-refractivity contribution in [1.82, 2.24) is 33.2 Å². The van der Waals surface area contributed by atoms with Gasteiger partial charge in [0.25, 0.3) is 0 Å². The molecule has 5 aromatic heterocycles. The van der Waals surface area contributed by atoms with Crippen LogP contribution in [0.15, 0.2) is 255 Å². The number of nitriles is 1. The van der Waals surface area contributed by atoms with Crippen molar-refractivity contribution in [2.24, 2.45) is 0 Å². The number of nitrogens with zero attached hydrogens (tertiary/aromatic N) is 8. The summed E-state index contributed by atoms with van der Waals surface area (Å²) in [6.07, 6.45) is 0. The van der Waals surface area contributed by atoms with Gasteiger partial charge >= 0.3 is 0 Å². The molecule has 0 N–H and O–H groups in total. The van der Waals surface area contributed by atoms with Crippen molar-refractivity contribution in [3.05, 3.63) is 260 Å². The van der Waals surface area contributed by atoms with Crippen molar-refractivity contribution in [3.63, 3.8) is 0 Å². The second-order valence-electron chi connectivity index (χ2n) is 19.9. The highest BCUT2D eigenvalue weighted by Crippen LogP contribution is 2.45. The maximum atomic E-state index is 12.1. The molecule has 78 heavy (non-hydrogen) atoms. The van der Waals surface area contributed by atoms with Crippen molar-refractivity contribution < 1.29 is 0 Å². The van der Waals surface area contributed by atoms with E-state index in [1.54, 1.807) is 0 Å². The normalized spacial score (nSPS) is 11.8. The maximum absolute atomic E-state index is 12.1. The van der Waals surface area contributed by atoms with Crippen molar-refractivity contribution in [3.8, 4) is 63.0 Å². The molecule has 0 saturated carbocycles. The first-order valence-corrected chi connectivity index (χ1v) is 26.2. The molecule has 8 nitrogen and oxygen atoms in total. The van der Waals surface area contributed by atoms with Crippen LogP contribution in [0.3, 0.4) is 0 Å². The Bertz CT molecular complexity index is 4830. The minimum atomic E-state index is 0.484. The highest BCUT2D eigenvalue weighted by Gasteiger charge is 2.26. The maximum Gasteiger partial charge on any atom is 0.164 e. The molecule has 0 spiro atoms. The molecule has 0 atom stereocenters. The molecule has 0 saturated heterocycles. The summed E-state index contributed by atoms with van der Waals surface area (Å²) in [7, 11) is 0. The number of para-hydroxylation sites is 6. The second kappa shape index (κ2) is 17.1. The van der Waals surface area contributed by atoms with Gasteiger partial charge < -0.3 is 18.3 Å². The molecule has 362 valence electrons. The minimum Gasteiger partial charge on any atom is -0.309 e. The van der Waals surface area contributed by atoms with Crippen LogP contribution in [0, 0.1) is 11.3 Å². The fraction of sp³-hybridized carbons (Fsp3) is 0. The Morgan fingerprint density at radius 1 is 0.256 bits per heavy atom. The van der Waals surface area contributed by atoms with Crippen LogP contribution in [-0.4, -0.2) is 33.2 Å². The Morgan fingerprint density at radius 3 is 0.885 bits per heavy atom. The number of benzene rings is 11. The van der Waals surface area contributed by atoms with Gasteiger partial charge in [-0.25, -0.2) is 15.0 Å². The van der Waals surface area contributed by atoms with E-state index in [0.717, 1.165) is 115 Å². The Balaban J connectivity index is 1.05. The third-order valence-electron chi connectivity index (χ3n) is 15.6. The fourth-order valence-corrected chi connectivity index (χ4v) is 12.2. The quantitative estimate of drug-likeness (QED) is 0.159. The monoisotopic (exact) mass is 994 g/mol. The minimum absolute atomic E-state index is 0.484. The van der Waals surface area contributed by atoms with E-state index in [-0.39, 0.29) is 0 Å². The molecule has 16 rings (SSSR count). The van der Waals surface area contributed by atoms with E-state index in [9.17, 15) is 5.26 Å². The summed E-state index contributed by atoms with van der Waals surface area (Å²) < 4.78 is 9.31. The van der Waals surface area contributed by atoms with Gasteiger partial charge in [-0.2, -0.15) is 5.26 Å².